The van der Waals surface area contributed by atoms with Crippen LogP contribution in [0.5, 0.6) is 0 Å². The number of thiol groups is 1. The van der Waals surface area contributed by atoms with Crippen LogP contribution in [0, 0.1) is 5.39 Å². The molecule has 1 aromatic rings. The third-order valence-electron chi connectivity index (χ3n) is 0.965. The summed E-state index contributed by atoms with van der Waals surface area (Å²) in [5.74, 6) is 0. The van der Waals surface area contributed by atoms with Crippen molar-refractivity contribution in [3.8, 4) is 0 Å². The first-order valence-corrected chi connectivity index (χ1v) is 3.79. The maximum Gasteiger partial charge on any atom is 0.673 e. The first kappa shape index (κ1) is 12.8. The Morgan fingerprint density at radius 3 is 1.71 bits per heavy atom. The first-order chi connectivity index (χ1) is 6.33. The Morgan fingerprint density at radius 2 is 1.43 bits per heavy atom. The van der Waals surface area contributed by atoms with Gasteiger partial charge < -0.3 is 17.3 Å². The van der Waals surface area contributed by atoms with Gasteiger partial charge in [-0.1, -0.05) is 0 Å². The Kier molecular flexibility index (Phi) is 5.01. The van der Waals surface area contributed by atoms with Crippen LogP contribution in [0.15, 0.2) is 29.2 Å². The van der Waals surface area contributed by atoms with Gasteiger partial charge in [-0.3, -0.25) is 0 Å². The molecule has 0 spiro atoms. The molecule has 0 N–H and O–H groups in total. The van der Waals surface area contributed by atoms with Crippen molar-refractivity contribution in [3.05, 3.63) is 29.2 Å². The van der Waals surface area contributed by atoms with Crippen LogP contribution >= 0.6 is 12.6 Å². The average Bonchev–Trinajstić information content (AvgIpc) is 2.03. The molecule has 76 valence electrons. The van der Waals surface area contributed by atoms with Crippen molar-refractivity contribution in [2.75, 3.05) is 0 Å². The van der Waals surface area contributed by atoms with Gasteiger partial charge in [0.1, 0.15) is 0 Å². The Bertz CT molecular complexity index is 312. The van der Waals surface area contributed by atoms with Crippen molar-refractivity contribution in [3.63, 3.8) is 0 Å². The summed E-state index contributed by atoms with van der Waals surface area (Å²) < 4.78 is 39.0. The maximum absolute atomic E-state index is 9.75. The van der Waals surface area contributed by atoms with E-state index in [0.29, 0.717) is 5.69 Å². The highest BCUT2D eigenvalue weighted by Gasteiger charge is 2.20. The molecule has 0 saturated heterocycles. The molecule has 0 atom stereocenters. The molecule has 1 aromatic carbocycles. The highest BCUT2D eigenvalue weighted by Crippen LogP contribution is 2.13. The molecule has 0 bridgehead atoms. The average molecular weight is 224 g/mol. The summed E-state index contributed by atoms with van der Waals surface area (Å²) in [5.41, 5.74) is 0.549. The monoisotopic (exact) mass is 224 g/mol. The van der Waals surface area contributed by atoms with Gasteiger partial charge in [0.05, 0.1) is 0 Å². The van der Waals surface area contributed by atoms with E-state index < -0.39 is 7.25 Å². The van der Waals surface area contributed by atoms with Crippen LogP contribution in [0.25, 0.3) is 4.98 Å². The van der Waals surface area contributed by atoms with E-state index in [1.807, 2.05) is 0 Å². The highest BCUT2D eigenvalue weighted by molar-refractivity contribution is 7.80. The van der Waals surface area contributed by atoms with Crippen LogP contribution in [0.3, 0.4) is 0 Å². The summed E-state index contributed by atoms with van der Waals surface area (Å²) in [6.07, 6.45) is 0. The first-order valence-electron chi connectivity index (χ1n) is 3.34. The molecule has 1 rings (SSSR count). The zero-order chi connectivity index (χ0) is 11.2. The minimum absolute atomic E-state index is 0.549. The van der Waals surface area contributed by atoms with E-state index in [1.165, 1.54) is 0 Å². The topological polar surface area (TPSA) is 28.1 Å². The van der Waals surface area contributed by atoms with Gasteiger partial charge in [-0.15, -0.1) is 12.6 Å². The van der Waals surface area contributed by atoms with Gasteiger partial charge in [0.2, 0.25) is 5.39 Å². The summed E-state index contributed by atoms with van der Waals surface area (Å²) in [5, 5.41) is 8.23. The number of hydrogen-bond acceptors (Lipinski definition) is 2. The third kappa shape index (κ3) is 8.87. The number of hydrogen-bond donors (Lipinski definition) is 1. The van der Waals surface area contributed by atoms with Gasteiger partial charge in [-0.05, 0) is 12.1 Å². The minimum Gasteiger partial charge on any atom is -0.418 e. The molecule has 0 aliphatic heterocycles. The fourth-order valence-corrected chi connectivity index (χ4v) is 0.668. The van der Waals surface area contributed by atoms with E-state index in [0.717, 1.165) is 4.90 Å². The molecule has 0 amide bonds. The number of rotatable bonds is 0. The zero-order valence-corrected chi connectivity index (χ0v) is 7.63. The summed E-state index contributed by atoms with van der Waals surface area (Å²) in [6, 6.07) is 6.89. The number of nitrogens with zero attached hydrogens (tertiary/aromatic N) is 2. The lowest BCUT2D eigenvalue weighted by molar-refractivity contribution is 0.368. The molecule has 14 heavy (non-hydrogen) atoms. The standard InChI is InChI=1S/C6H4N2S.BF4/c7-8-5-1-3-6(9)4-2-5;2-1(3,4)5/h1-4H;/q;-1/p+1. The van der Waals surface area contributed by atoms with E-state index >= 15 is 0 Å². The lowest BCUT2D eigenvalue weighted by atomic mass is 10.3. The van der Waals surface area contributed by atoms with Crippen LogP contribution < -0.4 is 0 Å². The molecule has 0 aromatic heterocycles. The van der Waals surface area contributed by atoms with Crippen LogP contribution in [0.1, 0.15) is 0 Å². The van der Waals surface area contributed by atoms with E-state index in [4.69, 9.17) is 5.39 Å². The predicted octanol–water partition coefficient (Wildman–Crippen LogP) is 3.76. The molecular weight excluding hydrogens is 219 g/mol. The van der Waals surface area contributed by atoms with E-state index in [1.54, 1.807) is 24.3 Å². The van der Waals surface area contributed by atoms with Crippen LogP contribution in [-0.2, 0) is 0 Å². The second kappa shape index (κ2) is 5.49. The zero-order valence-electron chi connectivity index (χ0n) is 6.74. The fraction of sp³-hybridized carbons (Fsp3) is 0. The van der Waals surface area contributed by atoms with Crippen molar-refractivity contribution in [2.45, 2.75) is 4.90 Å². The van der Waals surface area contributed by atoms with Gasteiger partial charge in [0.25, 0.3) is 0 Å². The van der Waals surface area contributed by atoms with Gasteiger partial charge in [0, 0.05) is 17.0 Å². The second-order valence-electron chi connectivity index (χ2n) is 2.11. The second-order valence-corrected chi connectivity index (χ2v) is 2.63. The normalized spacial score (nSPS) is 9.71. The Labute approximate surface area is 83.1 Å². The van der Waals surface area contributed by atoms with Gasteiger partial charge in [-0.2, -0.15) is 0 Å². The molecule has 0 aliphatic rings. The van der Waals surface area contributed by atoms with Crippen LogP contribution in [0.4, 0.5) is 23.0 Å². The molecule has 0 aliphatic carbocycles. The summed E-state index contributed by atoms with van der Waals surface area (Å²) in [4.78, 5) is 3.84. The Balaban J connectivity index is 0.000000292. The SMILES string of the molecule is F[B-](F)(F)F.N#[N+]c1ccc(S)cc1. The minimum atomic E-state index is -6.00. The smallest absolute Gasteiger partial charge is 0.418 e. The lowest BCUT2D eigenvalue weighted by Gasteiger charge is -1.94. The molecule has 8 heteroatoms. The molecular formula is C6H5BF4N2S. The largest absolute Gasteiger partial charge is 0.673 e. The highest BCUT2D eigenvalue weighted by atomic mass is 32.1. The molecule has 2 nitrogen and oxygen atoms in total. The predicted molar refractivity (Wildman–Crippen MR) is 48.6 cm³/mol. The fourth-order valence-electron chi connectivity index (χ4n) is 0.519. The quantitative estimate of drug-likeness (QED) is 0.309. The third-order valence-corrected chi connectivity index (χ3v) is 1.26. The maximum atomic E-state index is 9.75. The van der Waals surface area contributed by atoms with Crippen molar-refractivity contribution in [2.24, 2.45) is 0 Å². The molecule has 0 saturated carbocycles. The summed E-state index contributed by atoms with van der Waals surface area (Å²) >= 11 is 4.05. The summed E-state index contributed by atoms with van der Waals surface area (Å²) in [7, 11) is -6.00. The van der Waals surface area contributed by atoms with E-state index in [2.05, 4.69) is 17.6 Å². The molecule has 0 radical (unpaired) electrons. The van der Waals surface area contributed by atoms with Crippen molar-refractivity contribution in [1.82, 2.24) is 0 Å². The van der Waals surface area contributed by atoms with Crippen LogP contribution in [-0.4, -0.2) is 7.25 Å². The Morgan fingerprint density at radius 1 is 1.07 bits per heavy atom. The molecule has 0 fully saturated rings. The Hall–Kier alpha value is -1.23. The molecule has 0 heterocycles. The van der Waals surface area contributed by atoms with Crippen molar-refractivity contribution < 1.29 is 17.3 Å². The number of diazo groups is 1. The van der Waals surface area contributed by atoms with Gasteiger partial charge in [0.15, 0.2) is 4.98 Å². The molecule has 0 unspecified atom stereocenters. The van der Waals surface area contributed by atoms with E-state index in [-0.39, 0.29) is 0 Å². The van der Waals surface area contributed by atoms with Crippen molar-refractivity contribution >= 4 is 25.6 Å². The van der Waals surface area contributed by atoms with Crippen LogP contribution in [0.2, 0.25) is 0 Å². The number of benzene rings is 1. The van der Waals surface area contributed by atoms with Crippen molar-refractivity contribution in [1.29, 1.82) is 5.39 Å². The van der Waals surface area contributed by atoms with Gasteiger partial charge in [-0.25, -0.2) is 0 Å². The van der Waals surface area contributed by atoms with Gasteiger partial charge >= 0.3 is 12.9 Å². The lowest BCUT2D eigenvalue weighted by Crippen LogP contribution is -2.02. The number of halogens is 4. The van der Waals surface area contributed by atoms with E-state index in [9.17, 15) is 17.3 Å². The summed E-state index contributed by atoms with van der Waals surface area (Å²) in [6.45, 7) is 0.